The number of nitrogens with two attached hydrogens (primary N) is 1. The summed E-state index contributed by atoms with van der Waals surface area (Å²) in [6.07, 6.45) is 0. The number of hydrogen-bond donors (Lipinski definition) is 2. The van der Waals surface area contributed by atoms with Gasteiger partial charge in [0.2, 0.25) is 10.0 Å². The summed E-state index contributed by atoms with van der Waals surface area (Å²) in [5.74, 6) is -8.99. The lowest BCUT2D eigenvalue weighted by Crippen LogP contribution is -2.32. The van der Waals surface area contributed by atoms with Crippen LogP contribution in [0.2, 0.25) is 0 Å². The van der Waals surface area contributed by atoms with Gasteiger partial charge in [-0.25, -0.2) is 44.3 Å². The number of nitrogens with one attached hydrogen (secondary N) is 1. The van der Waals surface area contributed by atoms with Crippen molar-refractivity contribution in [1.29, 1.82) is 0 Å². The second-order valence-electron chi connectivity index (χ2n) is 7.58. The van der Waals surface area contributed by atoms with E-state index in [1.807, 2.05) is 0 Å². The third-order valence-corrected chi connectivity index (χ3v) is 6.31. The Morgan fingerprint density at radius 1 is 0.781 bits per heavy atom. The Morgan fingerprint density at radius 2 is 1.22 bits per heavy atom. The van der Waals surface area contributed by atoms with Gasteiger partial charge >= 0.3 is 0 Å². The van der Waals surface area contributed by atoms with E-state index >= 15 is 0 Å². The van der Waals surface area contributed by atoms with E-state index in [4.69, 9.17) is 5.14 Å². The van der Waals surface area contributed by atoms with Gasteiger partial charge in [-0.2, -0.15) is 0 Å². The van der Waals surface area contributed by atoms with Gasteiger partial charge in [0.25, 0.3) is 15.9 Å². The van der Waals surface area contributed by atoms with Gasteiger partial charge in [-0.1, -0.05) is 20.8 Å². The first-order chi connectivity index (χ1) is 14.4. The molecule has 32 heavy (non-hydrogen) atoms. The van der Waals surface area contributed by atoms with Crippen molar-refractivity contribution in [3.63, 3.8) is 0 Å². The highest BCUT2D eigenvalue weighted by molar-refractivity contribution is 7.90. The van der Waals surface area contributed by atoms with Crippen LogP contribution in [0, 0.1) is 28.7 Å². The number of amides is 1. The second-order valence-corrected chi connectivity index (χ2v) is 10.8. The molecule has 174 valence electrons. The fraction of sp³-hybridized carbons (Fsp3) is 0.222. The Kier molecular flexibility index (Phi) is 6.56. The highest BCUT2D eigenvalue weighted by Gasteiger charge is 2.31. The first-order valence-electron chi connectivity index (χ1n) is 8.49. The van der Waals surface area contributed by atoms with Gasteiger partial charge in [0.05, 0.1) is 11.1 Å². The minimum Gasteiger partial charge on any atom is -0.293 e. The highest BCUT2D eigenvalue weighted by atomic mass is 32.2. The molecule has 1 amide bonds. The molecule has 2 rings (SSSR count). The standard InChI is InChI=1S/C18H16F4N2O6S2/c1-18(2,3)16(25)8-4-15(13(22)6-10(8)19)32(29,30)24-17(26)9-5-14(31(23,27)28)12(21)7-11(9)20/h4-7H,1-3H3,(H,24,26)(H2,23,27,28). The molecule has 0 unspecified atom stereocenters. The maximum Gasteiger partial charge on any atom is 0.268 e. The normalized spacial score (nSPS) is 12.5. The molecule has 2 aromatic rings. The SMILES string of the molecule is CC(C)(C)C(=O)c1cc(S(=O)(=O)NC(=O)c2cc(S(N)(=O)=O)c(F)cc2F)c(F)cc1F. The lowest BCUT2D eigenvalue weighted by molar-refractivity contribution is 0.0853. The quantitative estimate of drug-likeness (QED) is 0.481. The molecule has 0 saturated heterocycles. The lowest BCUT2D eigenvalue weighted by atomic mass is 9.86. The highest BCUT2D eigenvalue weighted by Crippen LogP contribution is 2.27. The van der Waals surface area contributed by atoms with Crippen molar-refractivity contribution in [3.05, 3.63) is 58.7 Å². The largest absolute Gasteiger partial charge is 0.293 e. The summed E-state index contributed by atoms with van der Waals surface area (Å²) in [7, 11) is -9.92. The number of hydrogen-bond acceptors (Lipinski definition) is 6. The van der Waals surface area contributed by atoms with Crippen LogP contribution in [-0.4, -0.2) is 28.5 Å². The van der Waals surface area contributed by atoms with Gasteiger partial charge in [-0.05, 0) is 12.1 Å². The summed E-state index contributed by atoms with van der Waals surface area (Å²) in [6.45, 7) is 4.19. The Bertz CT molecular complexity index is 1350. The van der Waals surface area contributed by atoms with Crippen molar-refractivity contribution in [2.45, 2.75) is 30.6 Å². The molecular formula is C18H16F4N2O6S2. The van der Waals surface area contributed by atoms with Crippen LogP contribution in [0.1, 0.15) is 41.5 Å². The molecule has 0 aliphatic heterocycles. The van der Waals surface area contributed by atoms with Gasteiger partial charge < -0.3 is 0 Å². The van der Waals surface area contributed by atoms with Crippen molar-refractivity contribution in [3.8, 4) is 0 Å². The van der Waals surface area contributed by atoms with Crippen molar-refractivity contribution in [1.82, 2.24) is 4.72 Å². The van der Waals surface area contributed by atoms with Crippen molar-refractivity contribution in [2.24, 2.45) is 10.6 Å². The topological polar surface area (TPSA) is 140 Å². The van der Waals surface area contributed by atoms with Crippen LogP contribution in [-0.2, 0) is 20.0 Å². The third-order valence-electron chi connectivity index (χ3n) is 4.04. The summed E-state index contributed by atoms with van der Waals surface area (Å²) in [5, 5.41) is 4.75. The van der Waals surface area contributed by atoms with Gasteiger partial charge in [-0.15, -0.1) is 0 Å². The molecule has 0 radical (unpaired) electrons. The number of halogens is 4. The summed E-state index contributed by atoms with van der Waals surface area (Å²) in [5.41, 5.74) is -3.20. The summed E-state index contributed by atoms with van der Waals surface area (Å²) >= 11 is 0. The zero-order chi connectivity index (χ0) is 24.8. The summed E-state index contributed by atoms with van der Waals surface area (Å²) in [6, 6.07) is 0.626. The predicted molar refractivity (Wildman–Crippen MR) is 103 cm³/mol. The molecule has 0 aromatic heterocycles. The molecule has 2 aromatic carbocycles. The van der Waals surface area contributed by atoms with E-state index in [9.17, 15) is 44.0 Å². The Balaban J connectivity index is 2.56. The van der Waals surface area contributed by atoms with Crippen LogP contribution >= 0.6 is 0 Å². The van der Waals surface area contributed by atoms with Gasteiger partial charge in [-0.3, -0.25) is 9.59 Å². The van der Waals surface area contributed by atoms with E-state index in [1.54, 1.807) is 0 Å². The van der Waals surface area contributed by atoms with Crippen LogP contribution in [0.4, 0.5) is 17.6 Å². The van der Waals surface area contributed by atoms with E-state index in [1.165, 1.54) is 25.5 Å². The molecule has 0 spiro atoms. The number of benzene rings is 2. The predicted octanol–water partition coefficient (Wildman–Crippen LogP) is 2.24. The third kappa shape index (κ3) is 5.14. The molecule has 0 aliphatic carbocycles. The first kappa shape index (κ1) is 25.4. The van der Waals surface area contributed by atoms with Gasteiger partial charge in [0, 0.05) is 17.5 Å². The number of primary sulfonamides is 1. The second kappa shape index (κ2) is 8.26. The van der Waals surface area contributed by atoms with E-state index in [2.05, 4.69) is 0 Å². The first-order valence-corrected chi connectivity index (χ1v) is 11.5. The Morgan fingerprint density at radius 3 is 1.69 bits per heavy atom. The van der Waals surface area contributed by atoms with E-state index in [0.717, 1.165) is 0 Å². The zero-order valence-corrected chi connectivity index (χ0v) is 18.3. The Hall–Kier alpha value is -2.84. The van der Waals surface area contributed by atoms with E-state index < -0.39 is 81.3 Å². The van der Waals surface area contributed by atoms with Crippen molar-refractivity contribution >= 4 is 31.7 Å². The van der Waals surface area contributed by atoms with Crippen LogP contribution < -0.4 is 9.86 Å². The average molecular weight is 496 g/mol. The summed E-state index contributed by atoms with van der Waals surface area (Å²) in [4.78, 5) is 22.0. The summed E-state index contributed by atoms with van der Waals surface area (Å²) < 4.78 is 105. The van der Waals surface area contributed by atoms with E-state index in [-0.39, 0.29) is 18.2 Å². The maximum atomic E-state index is 14.2. The van der Waals surface area contributed by atoms with E-state index in [0.29, 0.717) is 6.07 Å². The molecule has 3 N–H and O–H groups in total. The average Bonchev–Trinajstić information content (AvgIpc) is 2.58. The molecular weight excluding hydrogens is 480 g/mol. The number of sulfonamides is 2. The van der Waals surface area contributed by atoms with Crippen LogP contribution in [0.25, 0.3) is 0 Å². The number of Topliss-reactive ketones (excluding diaryl/α,β-unsaturated/α-hetero) is 1. The molecule has 0 fully saturated rings. The molecule has 0 bridgehead atoms. The van der Waals surface area contributed by atoms with Crippen molar-refractivity contribution < 1.29 is 44.0 Å². The van der Waals surface area contributed by atoms with Crippen LogP contribution in [0.15, 0.2) is 34.1 Å². The number of carbonyl (C=O) groups is 2. The van der Waals surface area contributed by atoms with Gasteiger partial charge in [0.15, 0.2) is 5.78 Å². The molecule has 0 saturated carbocycles. The monoisotopic (exact) mass is 496 g/mol. The maximum absolute atomic E-state index is 14.2. The number of rotatable bonds is 5. The molecule has 14 heteroatoms. The molecule has 0 aliphatic rings. The fourth-order valence-electron chi connectivity index (χ4n) is 2.47. The van der Waals surface area contributed by atoms with Crippen LogP contribution in [0.5, 0.6) is 0 Å². The minimum atomic E-state index is -5.17. The van der Waals surface area contributed by atoms with Crippen molar-refractivity contribution in [2.75, 3.05) is 0 Å². The smallest absolute Gasteiger partial charge is 0.268 e. The lowest BCUT2D eigenvalue weighted by Gasteiger charge is -2.18. The Labute approximate surface area is 180 Å². The van der Waals surface area contributed by atoms with Gasteiger partial charge in [0.1, 0.15) is 33.1 Å². The molecule has 0 atom stereocenters. The number of ketones is 1. The minimum absolute atomic E-state index is 0.0140. The molecule has 0 heterocycles. The molecule has 8 nitrogen and oxygen atoms in total. The fourth-order valence-corrected chi connectivity index (χ4v) is 4.13. The zero-order valence-electron chi connectivity index (χ0n) is 16.7. The van der Waals surface area contributed by atoms with Crippen LogP contribution in [0.3, 0.4) is 0 Å². The number of carbonyl (C=O) groups excluding carboxylic acids is 2.